The van der Waals surface area contributed by atoms with Gasteiger partial charge in [0, 0.05) is 12.6 Å². The van der Waals surface area contributed by atoms with Crippen LogP contribution in [0.3, 0.4) is 0 Å². The van der Waals surface area contributed by atoms with Gasteiger partial charge < -0.3 is 4.57 Å². The first kappa shape index (κ1) is 12.2. The molecule has 0 saturated heterocycles. The summed E-state index contributed by atoms with van der Waals surface area (Å²) in [5, 5.41) is 0. The van der Waals surface area contributed by atoms with E-state index in [0.717, 1.165) is 29.8 Å². The Kier molecular flexibility index (Phi) is 2.97. The molecule has 0 N–H and O–H groups in total. The SMILES string of the molecule is Cc1nc(C=O)c(-c2ccc3c(c2)CCCC3)n1C. The minimum Gasteiger partial charge on any atom is -0.331 e. The largest absolute Gasteiger partial charge is 0.331 e. The summed E-state index contributed by atoms with van der Waals surface area (Å²) in [4.78, 5) is 15.5. The van der Waals surface area contributed by atoms with E-state index in [2.05, 4.69) is 23.2 Å². The summed E-state index contributed by atoms with van der Waals surface area (Å²) in [6.45, 7) is 1.93. The van der Waals surface area contributed by atoms with E-state index in [4.69, 9.17) is 0 Å². The zero-order valence-corrected chi connectivity index (χ0v) is 11.4. The topological polar surface area (TPSA) is 34.9 Å². The molecule has 0 bridgehead atoms. The lowest BCUT2D eigenvalue weighted by molar-refractivity contribution is 0.112. The maximum Gasteiger partial charge on any atom is 0.170 e. The summed E-state index contributed by atoms with van der Waals surface area (Å²) in [6.07, 6.45) is 5.73. The fraction of sp³-hybridized carbons (Fsp3) is 0.375. The van der Waals surface area contributed by atoms with Crippen LogP contribution in [0, 0.1) is 6.92 Å². The summed E-state index contributed by atoms with van der Waals surface area (Å²) in [5.74, 6) is 0.870. The Morgan fingerprint density at radius 1 is 1.21 bits per heavy atom. The van der Waals surface area contributed by atoms with Gasteiger partial charge in [0.15, 0.2) is 6.29 Å². The van der Waals surface area contributed by atoms with Crippen molar-refractivity contribution in [3.05, 3.63) is 40.8 Å². The van der Waals surface area contributed by atoms with Crippen LogP contribution in [-0.4, -0.2) is 15.8 Å². The lowest BCUT2D eigenvalue weighted by Crippen LogP contribution is -2.03. The van der Waals surface area contributed by atoms with Gasteiger partial charge in [-0.05, 0) is 49.8 Å². The summed E-state index contributed by atoms with van der Waals surface area (Å²) in [7, 11) is 1.96. The van der Waals surface area contributed by atoms with Crippen LogP contribution >= 0.6 is 0 Å². The molecule has 0 unspecified atom stereocenters. The van der Waals surface area contributed by atoms with Gasteiger partial charge in [0.1, 0.15) is 11.5 Å². The van der Waals surface area contributed by atoms with Crippen LogP contribution < -0.4 is 0 Å². The van der Waals surface area contributed by atoms with Crippen LogP contribution in [0.15, 0.2) is 18.2 Å². The molecule has 1 aromatic heterocycles. The van der Waals surface area contributed by atoms with Crippen molar-refractivity contribution in [2.75, 3.05) is 0 Å². The highest BCUT2D eigenvalue weighted by atomic mass is 16.1. The van der Waals surface area contributed by atoms with Gasteiger partial charge in [-0.2, -0.15) is 0 Å². The van der Waals surface area contributed by atoms with Crippen molar-refractivity contribution in [3.63, 3.8) is 0 Å². The van der Waals surface area contributed by atoms with Crippen molar-refractivity contribution in [3.8, 4) is 11.3 Å². The molecule has 19 heavy (non-hydrogen) atoms. The summed E-state index contributed by atoms with van der Waals surface area (Å²) >= 11 is 0. The van der Waals surface area contributed by atoms with Crippen LogP contribution in [0.4, 0.5) is 0 Å². The molecule has 2 aromatic rings. The number of aryl methyl sites for hydroxylation is 3. The Morgan fingerprint density at radius 2 is 1.95 bits per heavy atom. The number of imidazole rings is 1. The molecular weight excluding hydrogens is 236 g/mol. The number of hydrogen-bond donors (Lipinski definition) is 0. The van der Waals surface area contributed by atoms with Gasteiger partial charge in [-0.3, -0.25) is 4.79 Å². The Labute approximate surface area is 113 Å². The van der Waals surface area contributed by atoms with Gasteiger partial charge >= 0.3 is 0 Å². The first-order valence-electron chi connectivity index (χ1n) is 6.81. The second-order valence-corrected chi connectivity index (χ2v) is 5.26. The van der Waals surface area contributed by atoms with E-state index in [1.165, 1.54) is 30.4 Å². The Hall–Kier alpha value is -1.90. The molecule has 0 saturated carbocycles. The van der Waals surface area contributed by atoms with Crippen LogP contribution in [0.2, 0.25) is 0 Å². The third-order valence-corrected chi connectivity index (χ3v) is 4.08. The number of aromatic nitrogens is 2. The molecule has 1 aromatic carbocycles. The second-order valence-electron chi connectivity index (χ2n) is 5.26. The van der Waals surface area contributed by atoms with E-state index in [9.17, 15) is 4.79 Å². The smallest absolute Gasteiger partial charge is 0.170 e. The molecule has 1 aliphatic carbocycles. The van der Waals surface area contributed by atoms with Gasteiger partial charge in [0.2, 0.25) is 0 Å². The van der Waals surface area contributed by atoms with Crippen LogP contribution in [0.25, 0.3) is 11.3 Å². The van der Waals surface area contributed by atoms with Gasteiger partial charge in [0.25, 0.3) is 0 Å². The van der Waals surface area contributed by atoms with Crippen molar-refractivity contribution in [2.24, 2.45) is 7.05 Å². The zero-order chi connectivity index (χ0) is 13.4. The van der Waals surface area contributed by atoms with E-state index in [0.29, 0.717) is 5.69 Å². The fourth-order valence-corrected chi connectivity index (χ4v) is 2.94. The first-order valence-corrected chi connectivity index (χ1v) is 6.81. The molecule has 0 fully saturated rings. The van der Waals surface area contributed by atoms with E-state index in [1.807, 2.05) is 18.5 Å². The molecule has 1 heterocycles. The highest BCUT2D eigenvalue weighted by Crippen LogP contribution is 2.29. The average molecular weight is 254 g/mol. The van der Waals surface area contributed by atoms with E-state index >= 15 is 0 Å². The highest BCUT2D eigenvalue weighted by Gasteiger charge is 2.16. The van der Waals surface area contributed by atoms with Crippen LogP contribution in [-0.2, 0) is 19.9 Å². The number of rotatable bonds is 2. The van der Waals surface area contributed by atoms with Crippen LogP contribution in [0.1, 0.15) is 40.3 Å². The van der Waals surface area contributed by atoms with Crippen molar-refractivity contribution < 1.29 is 4.79 Å². The predicted molar refractivity (Wildman–Crippen MR) is 75.4 cm³/mol. The number of carbonyl (C=O) groups excluding carboxylic acids is 1. The standard InChI is InChI=1S/C16H18N2O/c1-11-17-15(10-19)16(18(11)2)14-8-7-12-5-3-4-6-13(12)9-14/h7-10H,3-6H2,1-2H3. The highest BCUT2D eigenvalue weighted by molar-refractivity contribution is 5.84. The van der Waals surface area contributed by atoms with Gasteiger partial charge in [-0.1, -0.05) is 12.1 Å². The fourth-order valence-electron chi connectivity index (χ4n) is 2.94. The molecule has 0 spiro atoms. The quantitative estimate of drug-likeness (QED) is 0.772. The Bertz CT molecular complexity index is 640. The third-order valence-electron chi connectivity index (χ3n) is 4.08. The van der Waals surface area contributed by atoms with Crippen molar-refractivity contribution in [2.45, 2.75) is 32.6 Å². The van der Waals surface area contributed by atoms with E-state index in [-0.39, 0.29) is 0 Å². The van der Waals surface area contributed by atoms with Crippen molar-refractivity contribution in [1.82, 2.24) is 9.55 Å². The number of hydrogen-bond acceptors (Lipinski definition) is 2. The molecular formula is C16H18N2O. The minimum absolute atomic E-state index is 0.538. The molecule has 3 rings (SSSR count). The number of aldehydes is 1. The second kappa shape index (κ2) is 4.65. The van der Waals surface area contributed by atoms with Crippen molar-refractivity contribution >= 4 is 6.29 Å². The van der Waals surface area contributed by atoms with Gasteiger partial charge in [-0.25, -0.2) is 4.98 Å². The molecule has 3 nitrogen and oxygen atoms in total. The van der Waals surface area contributed by atoms with E-state index < -0.39 is 0 Å². The van der Waals surface area contributed by atoms with E-state index in [1.54, 1.807) is 0 Å². The van der Waals surface area contributed by atoms with Gasteiger partial charge in [-0.15, -0.1) is 0 Å². The zero-order valence-electron chi connectivity index (χ0n) is 11.4. The number of benzene rings is 1. The number of carbonyl (C=O) groups is 1. The van der Waals surface area contributed by atoms with Gasteiger partial charge in [0.05, 0.1) is 5.69 Å². The van der Waals surface area contributed by atoms with Crippen molar-refractivity contribution in [1.29, 1.82) is 0 Å². The molecule has 0 aliphatic heterocycles. The monoisotopic (exact) mass is 254 g/mol. The molecule has 0 atom stereocenters. The lowest BCUT2D eigenvalue weighted by Gasteiger charge is -2.17. The predicted octanol–water partition coefficient (Wildman–Crippen LogP) is 3.09. The molecule has 98 valence electrons. The summed E-state index contributed by atoms with van der Waals surface area (Å²) in [5.41, 5.74) is 5.46. The normalized spacial score (nSPS) is 14.2. The molecule has 3 heteroatoms. The Balaban J connectivity index is 2.14. The summed E-state index contributed by atoms with van der Waals surface area (Å²) in [6, 6.07) is 6.56. The molecule has 0 amide bonds. The minimum atomic E-state index is 0.538. The maximum absolute atomic E-state index is 11.2. The first-order chi connectivity index (χ1) is 9.20. The number of nitrogens with zero attached hydrogens (tertiary/aromatic N) is 2. The maximum atomic E-state index is 11.2. The molecule has 0 radical (unpaired) electrons. The lowest BCUT2D eigenvalue weighted by atomic mass is 9.90. The Morgan fingerprint density at radius 3 is 2.68 bits per heavy atom. The van der Waals surface area contributed by atoms with Crippen LogP contribution in [0.5, 0.6) is 0 Å². The summed E-state index contributed by atoms with van der Waals surface area (Å²) < 4.78 is 1.99. The third kappa shape index (κ3) is 1.99. The average Bonchev–Trinajstić information content (AvgIpc) is 2.74. The molecule has 1 aliphatic rings. The number of fused-ring (bicyclic) bond motifs is 1.